The van der Waals surface area contributed by atoms with Gasteiger partial charge in [0.15, 0.2) is 0 Å². The molecule has 66 valence electrons. The molecule has 3 N–H and O–H groups in total. The Balaban J connectivity index is 2.42. The van der Waals surface area contributed by atoms with E-state index in [4.69, 9.17) is 5.11 Å². The van der Waals surface area contributed by atoms with Crippen LogP contribution < -0.4 is 0 Å². The van der Waals surface area contributed by atoms with Gasteiger partial charge >= 0.3 is 0 Å². The van der Waals surface area contributed by atoms with Crippen LogP contribution in [-0.4, -0.2) is 37.6 Å². The summed E-state index contributed by atoms with van der Waals surface area (Å²) in [5.74, 6) is 0.418. The minimum Gasteiger partial charge on any atom is -0.394 e. The molecular weight excluding hydrogens is 160 g/mol. The van der Waals surface area contributed by atoms with Crippen LogP contribution in [-0.2, 0) is 0 Å². The Kier molecular flexibility index (Phi) is 1.64. The van der Waals surface area contributed by atoms with Crippen molar-refractivity contribution in [2.45, 2.75) is 18.2 Å². The predicted molar refractivity (Wildman–Crippen MR) is 39.3 cm³/mol. The highest BCUT2D eigenvalue weighted by Gasteiger charge is 2.38. The Bertz CT molecular complexity index is 286. The lowest BCUT2D eigenvalue weighted by Crippen LogP contribution is -2.23. The Morgan fingerprint density at radius 3 is 2.92 bits per heavy atom. The number of hydrogen-bond acceptors (Lipinski definition) is 4. The number of imidazole rings is 1. The molecule has 1 aliphatic heterocycles. The molecule has 0 amide bonds. The molecule has 1 aromatic rings. The van der Waals surface area contributed by atoms with E-state index in [1.54, 1.807) is 10.8 Å². The van der Waals surface area contributed by atoms with Crippen molar-refractivity contribution >= 4 is 0 Å². The van der Waals surface area contributed by atoms with E-state index in [0.717, 1.165) is 0 Å². The fraction of sp³-hybridized carbons (Fsp3) is 0.571. The molecule has 1 aromatic heterocycles. The number of fused-ring (bicyclic) bond motifs is 1. The lowest BCUT2D eigenvalue weighted by atomic mass is 10.1. The van der Waals surface area contributed by atoms with Gasteiger partial charge < -0.3 is 19.9 Å². The molecule has 0 spiro atoms. The summed E-state index contributed by atoms with van der Waals surface area (Å²) in [7, 11) is 0. The third kappa shape index (κ3) is 0.811. The van der Waals surface area contributed by atoms with Crippen molar-refractivity contribution in [3.8, 4) is 0 Å². The standard InChI is InChI=1S/C7H10N2O3/c10-3-4-5(11)6(12)7-8-1-2-9(4)7/h1-2,4-6,10-12H,3H2/t4-,5-,6-/m1/s1. The van der Waals surface area contributed by atoms with Crippen molar-refractivity contribution < 1.29 is 15.3 Å². The zero-order valence-corrected chi connectivity index (χ0v) is 6.33. The van der Waals surface area contributed by atoms with Gasteiger partial charge in [0.25, 0.3) is 0 Å². The third-order valence-corrected chi connectivity index (χ3v) is 2.23. The summed E-state index contributed by atoms with van der Waals surface area (Å²) in [6.07, 6.45) is 1.25. The molecule has 2 rings (SSSR count). The highest BCUT2D eigenvalue weighted by atomic mass is 16.3. The van der Waals surface area contributed by atoms with Crippen LogP contribution in [0.5, 0.6) is 0 Å². The second-order valence-corrected chi connectivity index (χ2v) is 2.88. The summed E-state index contributed by atoms with van der Waals surface area (Å²) < 4.78 is 1.59. The summed E-state index contributed by atoms with van der Waals surface area (Å²) in [5, 5.41) is 27.7. The van der Waals surface area contributed by atoms with Crippen molar-refractivity contribution in [3.05, 3.63) is 18.2 Å². The van der Waals surface area contributed by atoms with Crippen LogP contribution in [0.1, 0.15) is 18.0 Å². The second-order valence-electron chi connectivity index (χ2n) is 2.88. The molecule has 0 bridgehead atoms. The molecule has 0 fully saturated rings. The summed E-state index contributed by atoms with van der Waals surface area (Å²) in [6, 6.07) is -0.461. The van der Waals surface area contributed by atoms with Gasteiger partial charge in [0.05, 0.1) is 12.6 Å². The number of aliphatic hydroxyl groups is 3. The summed E-state index contributed by atoms with van der Waals surface area (Å²) in [6.45, 7) is -0.193. The van der Waals surface area contributed by atoms with E-state index in [2.05, 4.69) is 4.98 Å². The molecule has 0 saturated heterocycles. The van der Waals surface area contributed by atoms with E-state index in [-0.39, 0.29) is 6.61 Å². The van der Waals surface area contributed by atoms with Gasteiger partial charge in [0.1, 0.15) is 18.0 Å². The van der Waals surface area contributed by atoms with Crippen molar-refractivity contribution in [3.63, 3.8) is 0 Å². The lowest BCUT2D eigenvalue weighted by Gasteiger charge is -2.14. The van der Waals surface area contributed by atoms with Gasteiger partial charge in [-0.15, -0.1) is 0 Å². The maximum atomic E-state index is 9.40. The highest BCUT2D eigenvalue weighted by molar-refractivity contribution is 5.09. The van der Waals surface area contributed by atoms with Gasteiger partial charge in [-0.1, -0.05) is 0 Å². The Morgan fingerprint density at radius 1 is 1.50 bits per heavy atom. The zero-order valence-electron chi connectivity index (χ0n) is 6.33. The van der Waals surface area contributed by atoms with Crippen molar-refractivity contribution in [2.75, 3.05) is 6.61 Å². The Morgan fingerprint density at radius 2 is 2.25 bits per heavy atom. The van der Waals surface area contributed by atoms with E-state index in [1.165, 1.54) is 6.20 Å². The fourth-order valence-corrected chi connectivity index (χ4v) is 1.56. The average Bonchev–Trinajstić information content (AvgIpc) is 2.59. The maximum absolute atomic E-state index is 9.40. The third-order valence-electron chi connectivity index (χ3n) is 2.23. The second kappa shape index (κ2) is 2.55. The molecule has 1 aliphatic rings. The normalized spacial score (nSPS) is 33.8. The monoisotopic (exact) mass is 170 g/mol. The molecule has 5 nitrogen and oxygen atoms in total. The van der Waals surface area contributed by atoms with Gasteiger partial charge in [-0.2, -0.15) is 0 Å². The van der Waals surface area contributed by atoms with Gasteiger partial charge in [-0.3, -0.25) is 0 Å². The first-order valence-corrected chi connectivity index (χ1v) is 3.75. The lowest BCUT2D eigenvalue weighted by molar-refractivity contribution is -0.00198. The maximum Gasteiger partial charge on any atom is 0.140 e. The summed E-state index contributed by atoms with van der Waals surface area (Å²) in [5.41, 5.74) is 0. The van der Waals surface area contributed by atoms with Crippen molar-refractivity contribution in [1.29, 1.82) is 0 Å². The average molecular weight is 170 g/mol. The van der Waals surface area contributed by atoms with Gasteiger partial charge in [0.2, 0.25) is 0 Å². The van der Waals surface area contributed by atoms with Crippen LogP contribution in [0.3, 0.4) is 0 Å². The molecule has 0 saturated carbocycles. The number of rotatable bonds is 1. The Hall–Kier alpha value is -0.910. The van der Waals surface area contributed by atoms with Crippen molar-refractivity contribution in [2.24, 2.45) is 0 Å². The molecule has 3 atom stereocenters. The summed E-state index contributed by atoms with van der Waals surface area (Å²) in [4.78, 5) is 3.87. The molecule has 0 radical (unpaired) electrons. The number of aliphatic hydroxyl groups excluding tert-OH is 3. The molecule has 5 heteroatoms. The molecular formula is C7H10N2O3. The van der Waals surface area contributed by atoms with E-state index in [1.807, 2.05) is 0 Å². The highest BCUT2D eigenvalue weighted by Crippen LogP contribution is 2.32. The van der Waals surface area contributed by atoms with Crippen LogP contribution in [0.25, 0.3) is 0 Å². The van der Waals surface area contributed by atoms with Gasteiger partial charge in [-0.25, -0.2) is 4.98 Å². The molecule has 12 heavy (non-hydrogen) atoms. The number of hydrogen-bond donors (Lipinski definition) is 3. The largest absolute Gasteiger partial charge is 0.394 e. The molecule has 0 aromatic carbocycles. The summed E-state index contributed by atoms with van der Waals surface area (Å²) >= 11 is 0. The van der Waals surface area contributed by atoms with Gasteiger partial charge in [0, 0.05) is 12.4 Å². The first-order chi connectivity index (χ1) is 5.75. The first-order valence-electron chi connectivity index (χ1n) is 3.75. The topological polar surface area (TPSA) is 78.5 Å². The van der Waals surface area contributed by atoms with Crippen LogP contribution in [0.15, 0.2) is 12.4 Å². The SMILES string of the molecule is OC[C@@H]1[C@@H](O)[C@@H](O)c2nccn21. The first kappa shape index (κ1) is 7.72. The zero-order chi connectivity index (χ0) is 8.72. The van der Waals surface area contributed by atoms with E-state index < -0.39 is 18.2 Å². The minimum absolute atomic E-state index is 0.193. The van der Waals surface area contributed by atoms with E-state index in [0.29, 0.717) is 5.82 Å². The van der Waals surface area contributed by atoms with Crippen LogP contribution in [0.2, 0.25) is 0 Å². The molecule has 2 heterocycles. The van der Waals surface area contributed by atoms with Crippen molar-refractivity contribution in [1.82, 2.24) is 9.55 Å². The minimum atomic E-state index is -0.975. The fourth-order valence-electron chi connectivity index (χ4n) is 1.56. The van der Waals surface area contributed by atoms with Gasteiger partial charge in [-0.05, 0) is 0 Å². The van der Waals surface area contributed by atoms with Crippen LogP contribution in [0.4, 0.5) is 0 Å². The smallest absolute Gasteiger partial charge is 0.140 e. The molecule has 0 unspecified atom stereocenters. The number of nitrogens with zero attached hydrogens (tertiary/aromatic N) is 2. The predicted octanol–water partition coefficient (Wildman–Crippen LogP) is -1.18. The van der Waals surface area contributed by atoms with E-state index in [9.17, 15) is 10.2 Å². The Labute approximate surface area is 68.9 Å². The molecule has 0 aliphatic carbocycles. The van der Waals surface area contributed by atoms with Crippen LogP contribution >= 0.6 is 0 Å². The van der Waals surface area contributed by atoms with Crippen LogP contribution in [0, 0.1) is 0 Å². The number of aromatic nitrogens is 2. The quantitative estimate of drug-likeness (QED) is 0.496. The van der Waals surface area contributed by atoms with E-state index >= 15 is 0 Å².